The summed E-state index contributed by atoms with van der Waals surface area (Å²) in [4.78, 5) is 0. The van der Waals surface area contributed by atoms with E-state index in [0.717, 1.165) is 0 Å². The molecule has 17 heavy (non-hydrogen) atoms. The second-order valence-electron chi connectivity index (χ2n) is 6.35. The van der Waals surface area contributed by atoms with Gasteiger partial charge in [-0.15, -0.1) is 0 Å². The van der Waals surface area contributed by atoms with Crippen LogP contribution in [0.2, 0.25) is 0 Å². The van der Waals surface area contributed by atoms with Crippen LogP contribution in [0, 0.1) is 0 Å². The summed E-state index contributed by atoms with van der Waals surface area (Å²) >= 11 is 0. The van der Waals surface area contributed by atoms with E-state index in [1.165, 1.54) is 80.3 Å². The Kier molecular flexibility index (Phi) is 8.48. The van der Waals surface area contributed by atoms with Gasteiger partial charge in [0.2, 0.25) is 0 Å². The van der Waals surface area contributed by atoms with Crippen LogP contribution in [-0.2, 0) is 0 Å². The number of hydrogen-bond donors (Lipinski definition) is 0. The molecule has 0 N–H and O–H groups in total. The van der Waals surface area contributed by atoms with Gasteiger partial charge in [-0.25, -0.2) is 0 Å². The first-order valence-corrected chi connectivity index (χ1v) is 6.79. The molecular weight excluding hydrogens is 438 g/mol. The van der Waals surface area contributed by atoms with Crippen molar-refractivity contribution in [1.82, 2.24) is 0 Å². The number of likely N-dealkylation sites (tertiary alicyclic amines) is 2. The third-order valence-corrected chi connectivity index (χ3v) is 4.69. The second-order valence-corrected chi connectivity index (χ2v) is 6.35. The average Bonchev–Trinajstić information content (AvgIpc) is 2.76. The van der Waals surface area contributed by atoms with Gasteiger partial charge in [0, 0.05) is 32.1 Å². The van der Waals surface area contributed by atoms with Crippen LogP contribution in [0.4, 0.5) is 0 Å². The van der Waals surface area contributed by atoms with Crippen molar-refractivity contribution in [3.8, 4) is 0 Å². The van der Waals surface area contributed by atoms with Crippen LogP contribution < -0.4 is 48.0 Å². The Hall–Kier alpha value is 1.38. The molecule has 0 saturated carbocycles. The summed E-state index contributed by atoms with van der Waals surface area (Å²) in [5.74, 6) is 0. The van der Waals surface area contributed by atoms with Gasteiger partial charge in [-0.1, -0.05) is 0 Å². The third-order valence-electron chi connectivity index (χ3n) is 4.69. The van der Waals surface area contributed by atoms with Gasteiger partial charge in [-0.05, 0) is 0 Å². The van der Waals surface area contributed by atoms with Crippen molar-refractivity contribution in [2.45, 2.75) is 32.1 Å². The van der Waals surface area contributed by atoms with Crippen LogP contribution in [0.1, 0.15) is 32.1 Å². The van der Waals surface area contributed by atoms with Gasteiger partial charge in [0.15, 0.2) is 0 Å². The summed E-state index contributed by atoms with van der Waals surface area (Å²) in [7, 11) is 4.91. The van der Waals surface area contributed by atoms with Gasteiger partial charge < -0.3 is 56.9 Å². The van der Waals surface area contributed by atoms with Crippen molar-refractivity contribution >= 4 is 0 Å². The molecule has 104 valence electrons. The van der Waals surface area contributed by atoms with Gasteiger partial charge in [0.25, 0.3) is 0 Å². The molecule has 2 aliphatic rings. The Morgan fingerprint density at radius 2 is 0.941 bits per heavy atom. The molecule has 2 aliphatic heterocycles. The van der Waals surface area contributed by atoms with Crippen molar-refractivity contribution in [2.75, 3.05) is 53.4 Å². The molecule has 2 nitrogen and oxygen atoms in total. The topological polar surface area (TPSA) is 0 Å². The highest BCUT2D eigenvalue weighted by molar-refractivity contribution is 4.55. The van der Waals surface area contributed by atoms with Crippen LogP contribution in [0.25, 0.3) is 0 Å². The lowest BCUT2D eigenvalue weighted by Gasteiger charge is -2.33. The smallest absolute Gasteiger partial charge is 0.0838 e. The molecule has 2 fully saturated rings. The van der Waals surface area contributed by atoms with E-state index in [0.29, 0.717) is 0 Å². The van der Waals surface area contributed by atoms with Crippen molar-refractivity contribution in [3.63, 3.8) is 0 Å². The summed E-state index contributed by atoms with van der Waals surface area (Å²) in [6, 6.07) is 0. The SMILES string of the molecule is C[N+]1(CCC[N+]2(C)CCCC2)CCCC1.[I-].[I-]. The van der Waals surface area contributed by atoms with Crippen LogP contribution in [0.15, 0.2) is 0 Å². The van der Waals surface area contributed by atoms with Gasteiger partial charge in [-0.2, -0.15) is 0 Å². The molecule has 0 aromatic heterocycles. The Labute approximate surface area is 141 Å². The minimum atomic E-state index is 0. The first-order valence-electron chi connectivity index (χ1n) is 6.79. The van der Waals surface area contributed by atoms with E-state index in [-0.39, 0.29) is 48.0 Å². The normalized spacial score (nSPS) is 25.1. The summed E-state index contributed by atoms with van der Waals surface area (Å²) in [6.07, 6.45) is 7.28. The largest absolute Gasteiger partial charge is 1.00 e. The lowest BCUT2D eigenvalue weighted by Crippen LogP contribution is -3.00. The highest BCUT2D eigenvalue weighted by atomic mass is 127. The van der Waals surface area contributed by atoms with E-state index >= 15 is 0 Å². The zero-order valence-corrected chi connectivity index (χ0v) is 15.7. The second kappa shape index (κ2) is 7.85. The zero-order chi connectivity index (χ0) is 10.8. The van der Waals surface area contributed by atoms with Crippen molar-refractivity contribution in [1.29, 1.82) is 0 Å². The lowest BCUT2D eigenvalue weighted by molar-refractivity contribution is -0.916. The molecule has 2 heterocycles. The highest BCUT2D eigenvalue weighted by Crippen LogP contribution is 2.20. The number of halogens is 2. The molecule has 4 heteroatoms. The molecule has 2 saturated heterocycles. The lowest BCUT2D eigenvalue weighted by atomic mass is 10.3. The molecule has 2 rings (SSSR count). The van der Waals surface area contributed by atoms with Gasteiger partial charge >= 0.3 is 0 Å². The Bertz CT molecular complexity index is 187. The summed E-state index contributed by atoms with van der Waals surface area (Å²) in [5, 5.41) is 0. The molecule has 0 bridgehead atoms. The standard InChI is InChI=1S/C13H28N2.2HI/c1-14(8-3-4-9-14)12-7-13-15(2)10-5-6-11-15;;/h3-13H2,1-2H3;2*1H/q+2;;/p-2. The minimum absolute atomic E-state index is 0. The first-order chi connectivity index (χ1) is 7.12. The van der Waals surface area contributed by atoms with Gasteiger partial charge in [0.05, 0.1) is 53.4 Å². The molecule has 0 aromatic carbocycles. The number of nitrogens with zero attached hydrogens (tertiary/aromatic N) is 2. The maximum atomic E-state index is 2.46. The number of hydrogen-bond acceptors (Lipinski definition) is 0. The van der Waals surface area contributed by atoms with E-state index in [2.05, 4.69) is 14.1 Å². The highest BCUT2D eigenvalue weighted by Gasteiger charge is 2.30. The van der Waals surface area contributed by atoms with Gasteiger partial charge in [-0.3, -0.25) is 0 Å². The predicted molar refractivity (Wildman–Crippen MR) is 64.7 cm³/mol. The van der Waals surface area contributed by atoms with E-state index in [1.54, 1.807) is 0 Å². The first kappa shape index (κ1) is 18.4. The Morgan fingerprint density at radius 1 is 0.647 bits per heavy atom. The average molecular weight is 466 g/mol. The van der Waals surface area contributed by atoms with Crippen LogP contribution in [0.3, 0.4) is 0 Å². The van der Waals surface area contributed by atoms with Crippen LogP contribution in [0.5, 0.6) is 0 Å². The van der Waals surface area contributed by atoms with E-state index in [4.69, 9.17) is 0 Å². The fourth-order valence-corrected chi connectivity index (χ4v) is 3.48. The Balaban J connectivity index is 0.00000128. The maximum absolute atomic E-state index is 2.46. The molecular formula is C13H28I2N2. The quantitative estimate of drug-likeness (QED) is 0.292. The van der Waals surface area contributed by atoms with E-state index in [9.17, 15) is 0 Å². The Morgan fingerprint density at radius 3 is 1.24 bits per heavy atom. The summed E-state index contributed by atoms with van der Waals surface area (Å²) in [5.41, 5.74) is 0. The third kappa shape index (κ3) is 5.48. The molecule has 0 unspecified atom stereocenters. The molecule has 0 aromatic rings. The molecule has 0 spiro atoms. The fourth-order valence-electron chi connectivity index (χ4n) is 3.48. The molecule has 0 aliphatic carbocycles. The molecule has 0 atom stereocenters. The van der Waals surface area contributed by atoms with Crippen molar-refractivity contribution < 1.29 is 56.9 Å². The zero-order valence-electron chi connectivity index (χ0n) is 11.4. The predicted octanol–water partition coefficient (Wildman–Crippen LogP) is -4.13. The van der Waals surface area contributed by atoms with Gasteiger partial charge in [0.1, 0.15) is 0 Å². The van der Waals surface area contributed by atoms with E-state index < -0.39 is 0 Å². The fraction of sp³-hybridized carbons (Fsp3) is 1.00. The summed E-state index contributed by atoms with van der Waals surface area (Å²) < 4.78 is 2.72. The van der Waals surface area contributed by atoms with Crippen LogP contribution in [-0.4, -0.2) is 62.3 Å². The van der Waals surface area contributed by atoms with Crippen molar-refractivity contribution in [2.24, 2.45) is 0 Å². The maximum Gasteiger partial charge on any atom is 0.0838 e. The van der Waals surface area contributed by atoms with E-state index in [1.807, 2.05) is 0 Å². The number of quaternary nitrogens is 2. The molecule has 0 amide bonds. The van der Waals surface area contributed by atoms with Crippen LogP contribution >= 0.6 is 0 Å². The monoisotopic (exact) mass is 466 g/mol. The minimum Gasteiger partial charge on any atom is -1.00 e. The molecule has 0 radical (unpaired) electrons. The van der Waals surface area contributed by atoms with Crippen molar-refractivity contribution in [3.05, 3.63) is 0 Å². The number of rotatable bonds is 4. The summed E-state index contributed by atoms with van der Waals surface area (Å²) in [6.45, 7) is 8.59.